The molecule has 0 atom stereocenters. The lowest BCUT2D eigenvalue weighted by Gasteiger charge is -2.12. The van der Waals surface area contributed by atoms with Crippen LogP contribution in [0.1, 0.15) is 0 Å². The highest BCUT2D eigenvalue weighted by molar-refractivity contribution is 6.20. The summed E-state index contributed by atoms with van der Waals surface area (Å²) in [6.45, 7) is 0. The molecular formula is C59H37N3O. The van der Waals surface area contributed by atoms with Gasteiger partial charge in [-0.3, -0.25) is 0 Å². The highest BCUT2D eigenvalue weighted by Gasteiger charge is 2.19. The molecule has 0 unspecified atom stereocenters. The smallest absolute Gasteiger partial charge is 0.160 e. The minimum absolute atomic E-state index is 0.674. The van der Waals surface area contributed by atoms with E-state index in [0.29, 0.717) is 5.82 Å². The predicted molar refractivity (Wildman–Crippen MR) is 260 cm³/mol. The summed E-state index contributed by atoms with van der Waals surface area (Å²) in [7, 11) is 0. The van der Waals surface area contributed by atoms with E-state index in [-0.39, 0.29) is 0 Å². The van der Waals surface area contributed by atoms with Gasteiger partial charge < -0.3 is 4.42 Å². The number of furan rings is 1. The fourth-order valence-electron chi connectivity index (χ4n) is 8.84. The monoisotopic (exact) mass is 803 g/mol. The fourth-order valence-corrected chi connectivity index (χ4v) is 8.84. The average Bonchev–Trinajstić information content (AvgIpc) is 3.76. The van der Waals surface area contributed by atoms with Crippen LogP contribution in [0.15, 0.2) is 229 Å². The van der Waals surface area contributed by atoms with Gasteiger partial charge in [-0.1, -0.05) is 188 Å². The minimum atomic E-state index is 0.674. The van der Waals surface area contributed by atoms with Gasteiger partial charge in [0.1, 0.15) is 11.2 Å². The Bertz CT molecular complexity index is 3550. The molecule has 294 valence electrons. The Hall–Kier alpha value is -8.47. The summed E-state index contributed by atoms with van der Waals surface area (Å²) < 4.78 is 6.64. The van der Waals surface area contributed by atoms with Crippen LogP contribution in [-0.2, 0) is 0 Å². The molecule has 0 aliphatic rings. The van der Waals surface area contributed by atoms with Crippen molar-refractivity contribution >= 4 is 43.6 Å². The van der Waals surface area contributed by atoms with Crippen molar-refractivity contribution in [2.75, 3.05) is 0 Å². The number of benzene rings is 9. The maximum absolute atomic E-state index is 6.64. The molecule has 0 aliphatic heterocycles. The molecule has 0 aliphatic carbocycles. The highest BCUT2D eigenvalue weighted by atomic mass is 16.3. The molecule has 0 fully saturated rings. The van der Waals surface area contributed by atoms with E-state index in [1.54, 1.807) is 0 Å². The maximum Gasteiger partial charge on any atom is 0.160 e. The molecule has 0 amide bonds. The summed E-state index contributed by atoms with van der Waals surface area (Å²) in [6, 6.07) is 78.6. The van der Waals surface area contributed by atoms with Crippen LogP contribution < -0.4 is 0 Å². The van der Waals surface area contributed by atoms with Gasteiger partial charge in [0.15, 0.2) is 5.82 Å². The molecule has 63 heavy (non-hydrogen) atoms. The van der Waals surface area contributed by atoms with Crippen molar-refractivity contribution in [3.8, 4) is 78.5 Å². The molecular weight excluding hydrogens is 767 g/mol. The van der Waals surface area contributed by atoms with E-state index in [2.05, 4.69) is 200 Å². The minimum Gasteiger partial charge on any atom is -0.455 e. The summed E-state index contributed by atoms with van der Waals surface area (Å²) in [5.74, 6) is 0.674. The molecule has 3 heterocycles. The lowest BCUT2D eigenvalue weighted by atomic mass is 9.96. The zero-order valence-electron chi connectivity index (χ0n) is 34.1. The van der Waals surface area contributed by atoms with Crippen molar-refractivity contribution in [2.45, 2.75) is 0 Å². The molecule has 12 rings (SSSR count). The number of hydrogen-bond acceptors (Lipinski definition) is 4. The van der Waals surface area contributed by atoms with Gasteiger partial charge in [0.05, 0.1) is 28.0 Å². The van der Waals surface area contributed by atoms with Crippen molar-refractivity contribution in [2.24, 2.45) is 0 Å². The van der Waals surface area contributed by atoms with Gasteiger partial charge in [-0.15, -0.1) is 0 Å². The largest absolute Gasteiger partial charge is 0.455 e. The first-order valence-electron chi connectivity index (χ1n) is 21.2. The van der Waals surface area contributed by atoms with Gasteiger partial charge in [0.2, 0.25) is 0 Å². The molecule has 0 bridgehead atoms. The molecule has 3 aromatic heterocycles. The summed E-state index contributed by atoms with van der Waals surface area (Å²) in [6.07, 6.45) is 0. The van der Waals surface area contributed by atoms with Crippen molar-refractivity contribution in [3.05, 3.63) is 224 Å². The van der Waals surface area contributed by atoms with Crippen molar-refractivity contribution < 1.29 is 4.42 Å². The van der Waals surface area contributed by atoms with E-state index in [9.17, 15) is 0 Å². The van der Waals surface area contributed by atoms with Crippen LogP contribution in [-0.4, -0.2) is 15.0 Å². The zero-order chi connectivity index (χ0) is 41.7. The van der Waals surface area contributed by atoms with Gasteiger partial charge in [0.25, 0.3) is 0 Å². The van der Waals surface area contributed by atoms with E-state index in [4.69, 9.17) is 19.4 Å². The molecule has 9 aromatic carbocycles. The molecule has 0 radical (unpaired) electrons. The molecule has 0 saturated heterocycles. The van der Waals surface area contributed by atoms with Crippen LogP contribution in [0, 0.1) is 0 Å². The predicted octanol–water partition coefficient (Wildman–Crippen LogP) is 15.7. The van der Waals surface area contributed by atoms with Gasteiger partial charge in [0, 0.05) is 33.0 Å². The molecule has 4 heteroatoms. The van der Waals surface area contributed by atoms with Gasteiger partial charge >= 0.3 is 0 Å². The highest BCUT2D eigenvalue weighted by Crippen LogP contribution is 2.41. The Labute approximate surface area is 364 Å². The Morgan fingerprint density at radius 1 is 0.302 bits per heavy atom. The molecule has 12 aromatic rings. The van der Waals surface area contributed by atoms with E-state index >= 15 is 0 Å². The van der Waals surface area contributed by atoms with E-state index in [1.165, 1.54) is 11.1 Å². The number of rotatable bonds is 7. The number of pyridine rings is 1. The summed E-state index contributed by atoms with van der Waals surface area (Å²) >= 11 is 0. The lowest BCUT2D eigenvalue weighted by Crippen LogP contribution is -1.96. The number of hydrogen-bond donors (Lipinski definition) is 0. The van der Waals surface area contributed by atoms with Gasteiger partial charge in [-0.2, -0.15) is 0 Å². The lowest BCUT2D eigenvalue weighted by molar-refractivity contribution is 0.672. The Balaban J connectivity index is 0.966. The standard InChI is InChI=1S/C59H37N3O/c1-3-13-38(14-4-1)40-25-29-42(30-26-40)52-37-53(62-59(61-52)43-31-27-41(28-32-43)39-15-5-2-6-16-39)48-21-11-19-44(33-48)45-20-12-22-49(34-45)57-56-50-23-9-10-24-55(50)63-58(56)51-35-46-17-7-8-18-47(46)36-54(51)60-57/h1-37H. The van der Waals surface area contributed by atoms with Crippen molar-refractivity contribution in [3.63, 3.8) is 0 Å². The van der Waals surface area contributed by atoms with Crippen LogP contribution >= 0.6 is 0 Å². The summed E-state index contributed by atoms with van der Waals surface area (Å²) in [4.78, 5) is 15.8. The van der Waals surface area contributed by atoms with Crippen LogP contribution in [0.25, 0.3) is 122 Å². The summed E-state index contributed by atoms with van der Waals surface area (Å²) in [5.41, 5.74) is 16.1. The van der Waals surface area contributed by atoms with Crippen LogP contribution in [0.3, 0.4) is 0 Å². The van der Waals surface area contributed by atoms with E-state index in [0.717, 1.165) is 105 Å². The first kappa shape index (κ1) is 36.4. The molecule has 0 spiro atoms. The number of para-hydroxylation sites is 1. The zero-order valence-corrected chi connectivity index (χ0v) is 34.1. The number of nitrogens with zero attached hydrogens (tertiary/aromatic N) is 3. The van der Waals surface area contributed by atoms with Crippen molar-refractivity contribution in [1.29, 1.82) is 0 Å². The number of aromatic nitrogens is 3. The normalized spacial score (nSPS) is 11.5. The van der Waals surface area contributed by atoms with Crippen LogP contribution in [0.5, 0.6) is 0 Å². The average molecular weight is 804 g/mol. The third kappa shape index (κ3) is 6.71. The van der Waals surface area contributed by atoms with Crippen LogP contribution in [0.2, 0.25) is 0 Å². The first-order valence-corrected chi connectivity index (χ1v) is 21.2. The van der Waals surface area contributed by atoms with Crippen LogP contribution in [0.4, 0.5) is 0 Å². The fraction of sp³-hybridized carbons (Fsp3) is 0. The maximum atomic E-state index is 6.64. The van der Waals surface area contributed by atoms with Gasteiger partial charge in [-0.25, -0.2) is 15.0 Å². The molecule has 0 saturated carbocycles. The second-order valence-electron chi connectivity index (χ2n) is 16.0. The van der Waals surface area contributed by atoms with E-state index < -0.39 is 0 Å². The Morgan fingerprint density at radius 2 is 0.794 bits per heavy atom. The quantitative estimate of drug-likeness (QED) is 0.151. The third-order valence-electron chi connectivity index (χ3n) is 12.1. The summed E-state index contributed by atoms with van der Waals surface area (Å²) in [5, 5.41) is 5.39. The second kappa shape index (κ2) is 15.2. The Morgan fingerprint density at radius 3 is 1.48 bits per heavy atom. The second-order valence-corrected chi connectivity index (χ2v) is 16.0. The first-order chi connectivity index (χ1) is 31.2. The topological polar surface area (TPSA) is 51.8 Å². The van der Waals surface area contributed by atoms with Gasteiger partial charge in [-0.05, 0) is 80.6 Å². The van der Waals surface area contributed by atoms with Crippen molar-refractivity contribution in [1.82, 2.24) is 15.0 Å². The molecule has 0 N–H and O–H groups in total. The van der Waals surface area contributed by atoms with E-state index in [1.807, 2.05) is 24.3 Å². The third-order valence-corrected chi connectivity index (χ3v) is 12.1. The molecule has 4 nitrogen and oxygen atoms in total. The Kier molecular flexibility index (Phi) is 8.79. The number of fused-ring (bicyclic) bond motifs is 6. The SMILES string of the molecule is c1ccc(-c2ccc(-c3cc(-c4cccc(-c5cccc(-c6nc7cc8ccccc8cc7c7oc8ccccc8c67)c5)c4)nc(-c4ccc(-c5ccccc5)cc4)n3)cc2)cc1.